The number of halogens is 1. The van der Waals surface area contributed by atoms with Crippen molar-refractivity contribution in [2.24, 2.45) is 5.73 Å². The number of hydrogen-bond donors (Lipinski definition) is 1. The van der Waals surface area contributed by atoms with Crippen molar-refractivity contribution in [2.45, 2.75) is 25.0 Å². The highest BCUT2D eigenvalue weighted by Gasteiger charge is 2.27. The third-order valence-corrected chi connectivity index (χ3v) is 3.78. The van der Waals surface area contributed by atoms with Crippen molar-refractivity contribution in [3.63, 3.8) is 0 Å². The van der Waals surface area contributed by atoms with Crippen LogP contribution in [0.4, 0.5) is 0 Å². The largest absolute Gasteiger partial charge is 0.497 e. The van der Waals surface area contributed by atoms with Crippen LogP contribution >= 0.6 is 12.4 Å². The normalized spacial score (nSPS) is 16.4. The van der Waals surface area contributed by atoms with Crippen LogP contribution in [-0.4, -0.2) is 56.9 Å². The molecule has 23 heavy (non-hydrogen) atoms. The number of hydrogen-bond acceptors (Lipinski definition) is 5. The van der Waals surface area contributed by atoms with E-state index in [1.807, 2.05) is 24.3 Å². The fraction of sp³-hybridized carbons (Fsp3) is 0.562. The highest BCUT2D eigenvalue weighted by atomic mass is 35.5. The van der Waals surface area contributed by atoms with Crippen molar-refractivity contribution in [3.05, 3.63) is 24.3 Å². The monoisotopic (exact) mass is 344 g/mol. The van der Waals surface area contributed by atoms with Crippen molar-refractivity contribution in [1.82, 2.24) is 4.90 Å². The summed E-state index contributed by atoms with van der Waals surface area (Å²) in [5, 5.41) is 0. The summed E-state index contributed by atoms with van der Waals surface area (Å²) in [7, 11) is 3.18. The molecule has 0 aliphatic carbocycles. The highest BCUT2D eigenvalue weighted by molar-refractivity contribution is 5.85. The van der Waals surface area contributed by atoms with Crippen molar-refractivity contribution < 1.29 is 19.0 Å². The quantitative estimate of drug-likeness (QED) is 0.845. The van der Waals surface area contributed by atoms with Crippen LogP contribution in [0.1, 0.15) is 12.8 Å². The van der Waals surface area contributed by atoms with E-state index in [1.54, 1.807) is 19.1 Å². The second-order valence-electron chi connectivity index (χ2n) is 5.38. The Morgan fingerprint density at radius 1 is 1.22 bits per heavy atom. The van der Waals surface area contributed by atoms with Gasteiger partial charge in [0.25, 0.3) is 0 Å². The molecule has 6 nitrogen and oxygen atoms in total. The lowest BCUT2D eigenvalue weighted by Gasteiger charge is -2.33. The van der Waals surface area contributed by atoms with Crippen LogP contribution in [0.2, 0.25) is 0 Å². The van der Waals surface area contributed by atoms with E-state index in [9.17, 15) is 4.79 Å². The van der Waals surface area contributed by atoms with Crippen molar-refractivity contribution in [2.75, 3.05) is 33.9 Å². The van der Waals surface area contributed by atoms with Crippen molar-refractivity contribution in [3.8, 4) is 11.5 Å². The molecular weight excluding hydrogens is 320 g/mol. The van der Waals surface area contributed by atoms with Crippen molar-refractivity contribution >= 4 is 18.3 Å². The van der Waals surface area contributed by atoms with E-state index in [2.05, 4.69) is 0 Å². The molecular formula is C16H25ClN2O4. The lowest BCUT2D eigenvalue weighted by molar-refractivity contribution is -0.135. The molecule has 1 aromatic rings. The molecule has 1 atom stereocenters. The van der Waals surface area contributed by atoms with Gasteiger partial charge in [0.2, 0.25) is 5.91 Å². The van der Waals surface area contributed by atoms with Gasteiger partial charge < -0.3 is 24.8 Å². The average molecular weight is 345 g/mol. The Hall–Kier alpha value is -1.50. The summed E-state index contributed by atoms with van der Waals surface area (Å²) >= 11 is 0. The van der Waals surface area contributed by atoms with Crippen LogP contribution in [0.25, 0.3) is 0 Å². The summed E-state index contributed by atoms with van der Waals surface area (Å²) in [5.74, 6) is 1.58. The number of likely N-dealkylation sites (tertiary alicyclic amines) is 1. The van der Waals surface area contributed by atoms with Gasteiger partial charge in [-0.15, -0.1) is 12.4 Å². The molecule has 0 saturated carbocycles. The Morgan fingerprint density at radius 3 is 2.30 bits per heavy atom. The molecule has 0 spiro atoms. The maximum absolute atomic E-state index is 12.1. The molecule has 0 unspecified atom stereocenters. The van der Waals surface area contributed by atoms with Gasteiger partial charge in [0.15, 0.2) is 0 Å². The Morgan fingerprint density at radius 2 is 1.78 bits per heavy atom. The van der Waals surface area contributed by atoms with Crippen LogP contribution in [-0.2, 0) is 9.53 Å². The van der Waals surface area contributed by atoms with E-state index >= 15 is 0 Å². The summed E-state index contributed by atoms with van der Waals surface area (Å²) in [5.41, 5.74) is 5.78. The Labute approximate surface area is 143 Å². The van der Waals surface area contributed by atoms with Crippen LogP contribution in [0.15, 0.2) is 24.3 Å². The fourth-order valence-electron chi connectivity index (χ4n) is 2.53. The number of benzene rings is 1. The third kappa shape index (κ3) is 5.57. The van der Waals surface area contributed by atoms with E-state index < -0.39 is 6.04 Å². The second-order valence-corrected chi connectivity index (χ2v) is 5.38. The lowest BCUT2D eigenvalue weighted by Crippen LogP contribution is -2.50. The molecule has 1 fully saturated rings. The van der Waals surface area contributed by atoms with E-state index in [-0.39, 0.29) is 31.0 Å². The maximum atomic E-state index is 12.1. The minimum absolute atomic E-state index is 0. The summed E-state index contributed by atoms with van der Waals surface area (Å²) < 4.78 is 16.0. The zero-order valence-corrected chi connectivity index (χ0v) is 14.4. The third-order valence-electron chi connectivity index (χ3n) is 3.78. The van der Waals surface area contributed by atoms with Gasteiger partial charge in [-0.3, -0.25) is 4.79 Å². The first-order chi connectivity index (χ1) is 10.6. The highest BCUT2D eigenvalue weighted by Crippen LogP contribution is 2.22. The zero-order chi connectivity index (χ0) is 15.9. The number of rotatable bonds is 6. The Kier molecular flexibility index (Phi) is 8.16. The smallest absolute Gasteiger partial charge is 0.241 e. The van der Waals surface area contributed by atoms with Gasteiger partial charge in [-0.25, -0.2) is 0 Å². The number of carbonyl (C=O) groups is 1. The number of carbonyl (C=O) groups excluding carboxylic acids is 1. The molecule has 0 radical (unpaired) electrons. The average Bonchev–Trinajstić information content (AvgIpc) is 2.56. The molecule has 2 N–H and O–H groups in total. The molecule has 0 aromatic heterocycles. The van der Waals surface area contributed by atoms with E-state index in [4.69, 9.17) is 19.9 Å². The molecule has 1 heterocycles. The summed E-state index contributed by atoms with van der Waals surface area (Å²) in [6.45, 7) is 1.58. The molecule has 0 bridgehead atoms. The minimum Gasteiger partial charge on any atom is -0.497 e. The first kappa shape index (κ1) is 19.5. The molecule has 1 saturated heterocycles. The van der Waals surface area contributed by atoms with Crippen LogP contribution in [0, 0.1) is 0 Å². The van der Waals surface area contributed by atoms with Gasteiger partial charge in [-0.2, -0.15) is 0 Å². The van der Waals surface area contributed by atoms with Crippen LogP contribution in [0.5, 0.6) is 11.5 Å². The molecule has 1 aliphatic rings. The zero-order valence-electron chi connectivity index (χ0n) is 13.6. The van der Waals surface area contributed by atoms with Gasteiger partial charge in [-0.1, -0.05) is 0 Å². The Balaban J connectivity index is 0.00000264. The number of methoxy groups -OCH3 is 2. The number of ether oxygens (including phenoxy) is 3. The van der Waals surface area contributed by atoms with Crippen LogP contribution < -0.4 is 15.2 Å². The van der Waals surface area contributed by atoms with Gasteiger partial charge in [0.1, 0.15) is 23.6 Å². The van der Waals surface area contributed by atoms with E-state index in [0.717, 1.165) is 24.3 Å². The van der Waals surface area contributed by atoms with E-state index in [1.165, 1.54) is 0 Å². The van der Waals surface area contributed by atoms with Gasteiger partial charge in [-0.05, 0) is 24.3 Å². The SMILES string of the molecule is COC[C@@H](N)C(=O)N1CCC(Oc2ccc(OC)cc2)CC1.Cl. The standard InChI is InChI=1S/C16H24N2O4.ClH/c1-20-11-15(17)16(19)18-9-7-14(8-10-18)22-13-5-3-12(21-2)4-6-13;/h3-6,14-15H,7-11,17H2,1-2H3;1H/t15-;/m1./s1. The number of nitrogens with zero attached hydrogens (tertiary/aromatic N) is 1. The molecule has 130 valence electrons. The molecule has 1 aliphatic heterocycles. The number of piperidine rings is 1. The van der Waals surface area contributed by atoms with E-state index in [0.29, 0.717) is 13.1 Å². The molecule has 1 amide bonds. The first-order valence-electron chi connectivity index (χ1n) is 7.48. The lowest BCUT2D eigenvalue weighted by atomic mass is 10.1. The Bertz CT molecular complexity index is 475. The first-order valence-corrected chi connectivity index (χ1v) is 7.48. The maximum Gasteiger partial charge on any atom is 0.241 e. The topological polar surface area (TPSA) is 74.0 Å². The number of nitrogens with two attached hydrogens (primary N) is 1. The fourth-order valence-corrected chi connectivity index (χ4v) is 2.53. The summed E-state index contributed by atoms with van der Waals surface area (Å²) in [6, 6.07) is 6.95. The number of amides is 1. The van der Waals surface area contributed by atoms with Gasteiger partial charge in [0, 0.05) is 33.0 Å². The molecule has 7 heteroatoms. The van der Waals surface area contributed by atoms with Crippen LogP contribution in [0.3, 0.4) is 0 Å². The second kappa shape index (κ2) is 9.60. The molecule has 1 aromatic carbocycles. The minimum atomic E-state index is -0.580. The van der Waals surface area contributed by atoms with Gasteiger partial charge in [0.05, 0.1) is 13.7 Å². The predicted octanol–water partition coefficient (Wildman–Crippen LogP) is 1.46. The summed E-state index contributed by atoms with van der Waals surface area (Å²) in [4.78, 5) is 13.9. The van der Waals surface area contributed by atoms with Gasteiger partial charge >= 0.3 is 0 Å². The van der Waals surface area contributed by atoms with Crippen molar-refractivity contribution in [1.29, 1.82) is 0 Å². The molecule has 2 rings (SSSR count). The predicted molar refractivity (Wildman–Crippen MR) is 90.3 cm³/mol. The summed E-state index contributed by atoms with van der Waals surface area (Å²) in [6.07, 6.45) is 1.73.